The number of hydrogen-bond donors (Lipinski definition) is 1. The molecule has 2 aromatic rings. The first-order valence-electron chi connectivity index (χ1n) is 8.92. The number of anilines is 1. The third kappa shape index (κ3) is 3.93. The van der Waals surface area contributed by atoms with Crippen molar-refractivity contribution in [3.05, 3.63) is 53.6 Å². The van der Waals surface area contributed by atoms with E-state index in [0.29, 0.717) is 28.3 Å². The number of carbonyl (C=O) groups excluding carboxylic acids is 1. The minimum absolute atomic E-state index is 0.0428. The van der Waals surface area contributed by atoms with E-state index in [2.05, 4.69) is 5.32 Å². The Morgan fingerprint density at radius 1 is 1.04 bits per heavy atom. The van der Waals surface area contributed by atoms with E-state index in [4.69, 9.17) is 9.47 Å². The number of hydrogen-bond acceptors (Lipinski definition) is 5. The van der Waals surface area contributed by atoms with Gasteiger partial charge in [-0.15, -0.1) is 0 Å². The molecule has 2 aromatic carbocycles. The van der Waals surface area contributed by atoms with Crippen molar-refractivity contribution in [2.75, 3.05) is 11.6 Å². The summed E-state index contributed by atoms with van der Waals surface area (Å²) in [7, 11) is -3.10. The average Bonchev–Trinajstić information content (AvgIpc) is 3.19. The van der Waals surface area contributed by atoms with Crippen LogP contribution < -0.4 is 14.8 Å². The van der Waals surface area contributed by atoms with Crippen molar-refractivity contribution in [3.8, 4) is 11.5 Å². The molecule has 1 fully saturated rings. The molecule has 1 spiro atoms. The first-order valence-corrected chi connectivity index (χ1v) is 11.0. The van der Waals surface area contributed by atoms with Crippen LogP contribution in [-0.4, -0.2) is 26.4 Å². The lowest BCUT2D eigenvalue weighted by atomic mass is 10.1. The molecule has 0 unspecified atom stereocenters. The van der Waals surface area contributed by atoms with Gasteiger partial charge in [-0.1, -0.05) is 12.1 Å². The number of fused-ring (bicyclic) bond motifs is 1. The van der Waals surface area contributed by atoms with Crippen LogP contribution >= 0.6 is 0 Å². The smallest absolute Gasteiger partial charge is 0.255 e. The molecule has 1 N–H and O–H groups in total. The van der Waals surface area contributed by atoms with E-state index < -0.39 is 15.6 Å². The fourth-order valence-corrected chi connectivity index (χ4v) is 4.35. The zero-order valence-electron chi connectivity index (χ0n) is 15.0. The Balaban J connectivity index is 1.45. The molecular weight excluding hydrogens is 366 g/mol. The van der Waals surface area contributed by atoms with Crippen LogP contribution in [0.3, 0.4) is 0 Å². The van der Waals surface area contributed by atoms with Gasteiger partial charge in [0.05, 0.1) is 5.75 Å². The molecule has 2 aliphatic rings. The van der Waals surface area contributed by atoms with E-state index in [-0.39, 0.29) is 11.7 Å². The molecule has 1 heterocycles. The lowest BCUT2D eigenvalue weighted by molar-refractivity contribution is -0.0716. The largest absolute Gasteiger partial charge is 0.448 e. The Kier molecular flexibility index (Phi) is 4.34. The topological polar surface area (TPSA) is 81.7 Å². The van der Waals surface area contributed by atoms with Gasteiger partial charge in [0.2, 0.25) is 0 Å². The minimum Gasteiger partial charge on any atom is -0.448 e. The molecule has 6 nitrogen and oxygen atoms in total. The SMILES string of the molecule is CS(=O)(=O)Cc1ccc(C(=O)Nc2ccc3c(c2)OC2(CCCC2)O3)cc1. The maximum atomic E-state index is 12.5. The molecule has 0 saturated heterocycles. The molecule has 0 atom stereocenters. The summed E-state index contributed by atoms with van der Waals surface area (Å²) in [6.45, 7) is 0. The molecule has 1 saturated carbocycles. The lowest BCUT2D eigenvalue weighted by Crippen LogP contribution is -2.34. The van der Waals surface area contributed by atoms with Gasteiger partial charge in [-0.05, 0) is 42.7 Å². The highest BCUT2D eigenvalue weighted by Gasteiger charge is 2.44. The lowest BCUT2D eigenvalue weighted by Gasteiger charge is -2.21. The normalized spacial score (nSPS) is 17.2. The Morgan fingerprint density at radius 2 is 1.70 bits per heavy atom. The molecule has 0 radical (unpaired) electrons. The Morgan fingerprint density at radius 3 is 2.37 bits per heavy atom. The molecule has 0 bridgehead atoms. The van der Waals surface area contributed by atoms with Gasteiger partial charge in [0.1, 0.15) is 0 Å². The van der Waals surface area contributed by atoms with Crippen LogP contribution in [0.15, 0.2) is 42.5 Å². The number of benzene rings is 2. The number of rotatable bonds is 4. The van der Waals surface area contributed by atoms with E-state index >= 15 is 0 Å². The predicted octanol–water partition coefficient (Wildman–Crippen LogP) is 3.53. The summed E-state index contributed by atoms with van der Waals surface area (Å²) in [5.41, 5.74) is 1.73. The van der Waals surface area contributed by atoms with Gasteiger partial charge in [0, 0.05) is 36.4 Å². The molecule has 27 heavy (non-hydrogen) atoms. The second-order valence-corrected chi connectivity index (χ2v) is 9.34. The first kappa shape index (κ1) is 17.9. The average molecular weight is 387 g/mol. The number of amides is 1. The molecule has 142 valence electrons. The van der Waals surface area contributed by atoms with Crippen molar-refractivity contribution >= 4 is 21.4 Å². The standard InChI is InChI=1S/C20H21NO5S/c1-27(23,24)13-14-4-6-15(7-5-14)19(22)21-16-8-9-17-18(12-16)26-20(25-17)10-2-3-11-20/h4-9,12H,2-3,10-11,13H2,1H3,(H,21,22). The maximum absolute atomic E-state index is 12.5. The van der Waals surface area contributed by atoms with Crippen LogP contribution in [0.1, 0.15) is 41.6 Å². The number of sulfone groups is 1. The van der Waals surface area contributed by atoms with Crippen molar-refractivity contribution < 1.29 is 22.7 Å². The molecular formula is C20H21NO5S. The second-order valence-electron chi connectivity index (χ2n) is 7.20. The van der Waals surface area contributed by atoms with Gasteiger partial charge in [0.25, 0.3) is 11.7 Å². The summed E-state index contributed by atoms with van der Waals surface area (Å²) >= 11 is 0. The highest BCUT2D eigenvalue weighted by Crippen LogP contribution is 2.47. The van der Waals surface area contributed by atoms with Crippen LogP contribution in [0.25, 0.3) is 0 Å². The van der Waals surface area contributed by atoms with Crippen LogP contribution in [-0.2, 0) is 15.6 Å². The van der Waals surface area contributed by atoms with E-state index in [0.717, 1.165) is 25.7 Å². The molecule has 1 amide bonds. The van der Waals surface area contributed by atoms with Crippen molar-refractivity contribution in [1.29, 1.82) is 0 Å². The minimum atomic E-state index is -3.10. The first-order chi connectivity index (χ1) is 12.8. The van der Waals surface area contributed by atoms with E-state index in [1.165, 1.54) is 6.26 Å². The zero-order valence-corrected chi connectivity index (χ0v) is 15.8. The molecule has 1 aliphatic heterocycles. The van der Waals surface area contributed by atoms with E-state index in [9.17, 15) is 13.2 Å². The Labute approximate surface area is 158 Å². The van der Waals surface area contributed by atoms with Gasteiger partial charge < -0.3 is 14.8 Å². The Hall–Kier alpha value is -2.54. The third-order valence-corrected chi connectivity index (χ3v) is 5.66. The van der Waals surface area contributed by atoms with E-state index in [1.807, 2.05) is 6.07 Å². The number of nitrogens with one attached hydrogen (secondary N) is 1. The summed E-state index contributed by atoms with van der Waals surface area (Å²) in [6.07, 6.45) is 5.12. The van der Waals surface area contributed by atoms with Crippen LogP contribution in [0.5, 0.6) is 11.5 Å². The quantitative estimate of drug-likeness (QED) is 0.868. The third-order valence-electron chi connectivity index (χ3n) is 4.80. The van der Waals surface area contributed by atoms with E-state index in [1.54, 1.807) is 36.4 Å². The summed E-state index contributed by atoms with van der Waals surface area (Å²) in [6, 6.07) is 11.9. The van der Waals surface area contributed by atoms with Gasteiger partial charge in [-0.2, -0.15) is 0 Å². The molecule has 7 heteroatoms. The van der Waals surface area contributed by atoms with Gasteiger partial charge in [-0.3, -0.25) is 4.79 Å². The molecule has 1 aliphatic carbocycles. The van der Waals surface area contributed by atoms with Crippen molar-refractivity contribution in [1.82, 2.24) is 0 Å². The van der Waals surface area contributed by atoms with Crippen LogP contribution in [0.2, 0.25) is 0 Å². The fraction of sp³-hybridized carbons (Fsp3) is 0.350. The molecule has 4 rings (SSSR count). The zero-order chi connectivity index (χ0) is 19.1. The summed E-state index contributed by atoms with van der Waals surface area (Å²) in [5.74, 6) is 0.521. The highest BCUT2D eigenvalue weighted by atomic mass is 32.2. The predicted molar refractivity (Wildman–Crippen MR) is 102 cm³/mol. The maximum Gasteiger partial charge on any atom is 0.255 e. The Bertz CT molecular complexity index is 976. The fourth-order valence-electron chi connectivity index (χ4n) is 3.55. The molecule has 0 aromatic heterocycles. The van der Waals surface area contributed by atoms with Crippen LogP contribution in [0.4, 0.5) is 5.69 Å². The summed E-state index contributed by atoms with van der Waals surface area (Å²) < 4.78 is 34.7. The monoisotopic (exact) mass is 387 g/mol. The number of ether oxygens (including phenoxy) is 2. The van der Waals surface area contributed by atoms with Crippen molar-refractivity contribution in [3.63, 3.8) is 0 Å². The van der Waals surface area contributed by atoms with Gasteiger partial charge in [-0.25, -0.2) is 8.42 Å². The second kappa shape index (κ2) is 6.56. The van der Waals surface area contributed by atoms with Crippen molar-refractivity contribution in [2.45, 2.75) is 37.2 Å². The highest BCUT2D eigenvalue weighted by molar-refractivity contribution is 7.89. The number of carbonyl (C=O) groups is 1. The van der Waals surface area contributed by atoms with Crippen molar-refractivity contribution in [2.24, 2.45) is 0 Å². The van der Waals surface area contributed by atoms with Gasteiger partial charge in [0.15, 0.2) is 21.3 Å². The van der Waals surface area contributed by atoms with Crippen LogP contribution in [0, 0.1) is 0 Å². The summed E-state index contributed by atoms with van der Waals surface area (Å²) in [5, 5.41) is 2.84. The summed E-state index contributed by atoms with van der Waals surface area (Å²) in [4.78, 5) is 12.5. The van der Waals surface area contributed by atoms with Gasteiger partial charge >= 0.3 is 0 Å².